The molecule has 0 aliphatic rings. The first-order chi connectivity index (χ1) is 9.70. The molecule has 0 radical (unpaired) electrons. The van der Waals surface area contributed by atoms with E-state index in [2.05, 4.69) is 21.0 Å². The number of anilines is 2. The number of nitriles is 1. The summed E-state index contributed by atoms with van der Waals surface area (Å²) in [7, 11) is 0. The number of nitrogen functional groups attached to an aromatic ring is 1. The fraction of sp³-hybridized carbons (Fsp3) is 0.231. The van der Waals surface area contributed by atoms with Crippen LogP contribution in [-0.2, 0) is 6.54 Å². The van der Waals surface area contributed by atoms with E-state index in [1.807, 2.05) is 17.0 Å². The smallest absolute Gasteiger partial charge is 0.224 e. The standard InChI is InChI=1S/C13H13ClN6/c14-13-18-8-11(16)12(19-13)20(6-2-4-15)9-10-3-1-5-17-7-10/h1,3,5,7-8H,2,6,9,16H2. The largest absolute Gasteiger partial charge is 0.394 e. The highest BCUT2D eigenvalue weighted by molar-refractivity contribution is 6.28. The summed E-state index contributed by atoms with van der Waals surface area (Å²) in [6.45, 7) is 1.05. The van der Waals surface area contributed by atoms with Crippen molar-refractivity contribution in [1.29, 1.82) is 5.26 Å². The number of aromatic nitrogens is 3. The number of hydrogen-bond donors (Lipinski definition) is 1. The molecule has 0 saturated heterocycles. The molecule has 0 atom stereocenters. The predicted octanol–water partition coefficient (Wildman–Crippen LogP) is 2.03. The van der Waals surface area contributed by atoms with Crippen molar-refractivity contribution in [2.24, 2.45) is 0 Å². The molecule has 2 aromatic rings. The van der Waals surface area contributed by atoms with Crippen molar-refractivity contribution in [3.8, 4) is 6.07 Å². The van der Waals surface area contributed by atoms with E-state index >= 15 is 0 Å². The third kappa shape index (κ3) is 3.56. The predicted molar refractivity (Wildman–Crippen MR) is 77.0 cm³/mol. The average Bonchev–Trinajstić information content (AvgIpc) is 2.47. The molecular weight excluding hydrogens is 276 g/mol. The van der Waals surface area contributed by atoms with Gasteiger partial charge in [-0.1, -0.05) is 6.07 Å². The number of nitrogens with zero attached hydrogens (tertiary/aromatic N) is 5. The molecule has 0 fully saturated rings. The Morgan fingerprint density at radius 2 is 2.25 bits per heavy atom. The molecule has 2 heterocycles. The van der Waals surface area contributed by atoms with Gasteiger partial charge in [0.15, 0.2) is 5.82 Å². The van der Waals surface area contributed by atoms with Crippen molar-refractivity contribution >= 4 is 23.1 Å². The Kier molecular flexibility index (Phi) is 4.69. The SMILES string of the molecule is N#CCCN(Cc1cccnc1)c1nc(Cl)ncc1N. The molecule has 0 saturated carbocycles. The van der Waals surface area contributed by atoms with Gasteiger partial charge in [0.05, 0.1) is 24.4 Å². The lowest BCUT2D eigenvalue weighted by molar-refractivity contribution is 0.779. The highest BCUT2D eigenvalue weighted by Crippen LogP contribution is 2.23. The van der Waals surface area contributed by atoms with Gasteiger partial charge >= 0.3 is 0 Å². The zero-order valence-corrected chi connectivity index (χ0v) is 11.5. The quantitative estimate of drug-likeness (QED) is 0.846. The summed E-state index contributed by atoms with van der Waals surface area (Å²) < 4.78 is 0. The van der Waals surface area contributed by atoms with Crippen LogP contribution in [0.3, 0.4) is 0 Å². The van der Waals surface area contributed by atoms with Gasteiger partial charge in [0.1, 0.15) is 0 Å². The fourth-order valence-electron chi connectivity index (χ4n) is 1.77. The van der Waals surface area contributed by atoms with E-state index in [1.165, 1.54) is 6.20 Å². The van der Waals surface area contributed by atoms with Gasteiger partial charge in [-0.15, -0.1) is 0 Å². The lowest BCUT2D eigenvalue weighted by Gasteiger charge is -2.23. The molecular formula is C13H13ClN6. The van der Waals surface area contributed by atoms with E-state index in [1.54, 1.807) is 12.4 Å². The zero-order valence-electron chi connectivity index (χ0n) is 10.7. The summed E-state index contributed by atoms with van der Waals surface area (Å²) in [5, 5.41) is 8.90. The third-order valence-electron chi connectivity index (χ3n) is 2.66. The molecule has 102 valence electrons. The number of halogens is 1. The maximum Gasteiger partial charge on any atom is 0.224 e. The minimum Gasteiger partial charge on any atom is -0.394 e. The van der Waals surface area contributed by atoms with Gasteiger partial charge in [-0.3, -0.25) is 4.98 Å². The third-order valence-corrected chi connectivity index (χ3v) is 2.84. The van der Waals surface area contributed by atoms with Gasteiger partial charge in [-0.05, 0) is 23.2 Å². The van der Waals surface area contributed by atoms with Gasteiger partial charge < -0.3 is 10.6 Å². The maximum absolute atomic E-state index is 8.77. The second-order valence-corrected chi connectivity index (χ2v) is 4.45. The van der Waals surface area contributed by atoms with Crippen LogP contribution in [-0.4, -0.2) is 21.5 Å². The molecule has 6 nitrogen and oxygen atoms in total. The van der Waals surface area contributed by atoms with Crippen LogP contribution in [0.25, 0.3) is 0 Å². The molecule has 0 bridgehead atoms. The van der Waals surface area contributed by atoms with Crippen LogP contribution >= 0.6 is 11.6 Å². The van der Waals surface area contributed by atoms with Crippen LogP contribution in [0.4, 0.5) is 11.5 Å². The highest BCUT2D eigenvalue weighted by Gasteiger charge is 2.13. The van der Waals surface area contributed by atoms with Crippen LogP contribution in [0, 0.1) is 11.3 Å². The van der Waals surface area contributed by atoms with Gasteiger partial charge in [0, 0.05) is 25.5 Å². The van der Waals surface area contributed by atoms with E-state index < -0.39 is 0 Å². The Balaban J connectivity index is 2.27. The summed E-state index contributed by atoms with van der Waals surface area (Å²) >= 11 is 5.82. The minimum atomic E-state index is 0.127. The lowest BCUT2D eigenvalue weighted by atomic mass is 10.2. The van der Waals surface area contributed by atoms with E-state index in [9.17, 15) is 0 Å². The summed E-state index contributed by atoms with van der Waals surface area (Å²) in [6.07, 6.45) is 5.30. The first-order valence-electron chi connectivity index (χ1n) is 5.99. The van der Waals surface area contributed by atoms with E-state index in [0.29, 0.717) is 31.0 Å². The van der Waals surface area contributed by atoms with Crippen LogP contribution < -0.4 is 10.6 Å². The molecule has 0 aliphatic carbocycles. The molecule has 0 aliphatic heterocycles. The number of hydrogen-bond acceptors (Lipinski definition) is 6. The number of nitrogens with two attached hydrogens (primary N) is 1. The summed E-state index contributed by atoms with van der Waals surface area (Å²) in [5.41, 5.74) is 7.32. The van der Waals surface area contributed by atoms with Crippen molar-refractivity contribution in [3.63, 3.8) is 0 Å². The summed E-state index contributed by atoms with van der Waals surface area (Å²) in [6, 6.07) is 5.92. The van der Waals surface area contributed by atoms with Crippen LogP contribution in [0.1, 0.15) is 12.0 Å². The normalized spacial score (nSPS) is 10.0. The average molecular weight is 289 g/mol. The van der Waals surface area contributed by atoms with Crippen molar-refractivity contribution in [2.45, 2.75) is 13.0 Å². The molecule has 0 spiro atoms. The lowest BCUT2D eigenvalue weighted by Crippen LogP contribution is -2.26. The second-order valence-electron chi connectivity index (χ2n) is 4.11. The molecule has 0 aromatic carbocycles. The fourth-order valence-corrected chi connectivity index (χ4v) is 1.90. The van der Waals surface area contributed by atoms with Crippen LogP contribution in [0.15, 0.2) is 30.7 Å². The van der Waals surface area contributed by atoms with Gasteiger partial charge in [-0.2, -0.15) is 10.2 Å². The van der Waals surface area contributed by atoms with Gasteiger partial charge in [0.25, 0.3) is 0 Å². The van der Waals surface area contributed by atoms with Crippen molar-refractivity contribution in [3.05, 3.63) is 41.6 Å². The van der Waals surface area contributed by atoms with E-state index in [0.717, 1.165) is 5.56 Å². The highest BCUT2D eigenvalue weighted by atomic mass is 35.5. The summed E-state index contributed by atoms with van der Waals surface area (Å²) in [5.74, 6) is 0.532. The topological polar surface area (TPSA) is 91.7 Å². The first kappa shape index (κ1) is 14.0. The van der Waals surface area contributed by atoms with Gasteiger partial charge in [-0.25, -0.2) is 4.98 Å². The minimum absolute atomic E-state index is 0.127. The molecule has 2 rings (SSSR count). The molecule has 2 N–H and O–H groups in total. The van der Waals surface area contributed by atoms with E-state index in [-0.39, 0.29) is 5.28 Å². The molecule has 2 aromatic heterocycles. The zero-order chi connectivity index (χ0) is 14.4. The maximum atomic E-state index is 8.77. The second kappa shape index (κ2) is 6.68. The Morgan fingerprint density at radius 1 is 1.40 bits per heavy atom. The van der Waals surface area contributed by atoms with Crippen LogP contribution in [0.2, 0.25) is 5.28 Å². The molecule has 20 heavy (non-hydrogen) atoms. The van der Waals surface area contributed by atoms with Crippen molar-refractivity contribution in [1.82, 2.24) is 15.0 Å². The summed E-state index contributed by atoms with van der Waals surface area (Å²) in [4.78, 5) is 13.9. The van der Waals surface area contributed by atoms with E-state index in [4.69, 9.17) is 22.6 Å². The first-order valence-corrected chi connectivity index (χ1v) is 6.37. The number of rotatable bonds is 5. The van der Waals surface area contributed by atoms with Crippen molar-refractivity contribution in [2.75, 3.05) is 17.2 Å². The monoisotopic (exact) mass is 288 g/mol. The Labute approximate surface area is 121 Å². The molecule has 0 unspecified atom stereocenters. The van der Waals surface area contributed by atoms with Gasteiger partial charge in [0.2, 0.25) is 5.28 Å². The Hall–Kier alpha value is -2.39. The van der Waals surface area contributed by atoms with Crippen LogP contribution in [0.5, 0.6) is 0 Å². The molecule has 0 amide bonds. The number of pyridine rings is 1. The Bertz CT molecular complexity index is 610. The van der Waals surface area contributed by atoms with Crippen molar-refractivity contribution < 1.29 is 0 Å². The molecule has 7 heteroatoms. The Morgan fingerprint density at radius 3 is 2.95 bits per heavy atom.